The maximum atomic E-state index is 12.1. The molecule has 0 radical (unpaired) electrons. The molecule has 1 aromatic carbocycles. The number of aromatic nitrogens is 1. The van der Waals surface area contributed by atoms with Crippen LogP contribution in [0.15, 0.2) is 34.2 Å². The molecule has 0 atom stereocenters. The number of benzene rings is 1. The van der Waals surface area contributed by atoms with E-state index < -0.39 is 10.0 Å². The molecule has 7 nitrogen and oxygen atoms in total. The first-order valence-electron chi connectivity index (χ1n) is 7.57. The van der Waals surface area contributed by atoms with Crippen molar-refractivity contribution in [2.45, 2.75) is 30.7 Å². The van der Waals surface area contributed by atoms with Gasteiger partial charge in [0.15, 0.2) is 0 Å². The van der Waals surface area contributed by atoms with Crippen LogP contribution in [0.3, 0.4) is 0 Å². The Bertz CT molecular complexity index is 994. The van der Waals surface area contributed by atoms with Gasteiger partial charge >= 0.3 is 0 Å². The zero-order valence-electron chi connectivity index (χ0n) is 14.5. The molecule has 2 rings (SSSR count). The van der Waals surface area contributed by atoms with Gasteiger partial charge in [0.2, 0.25) is 15.9 Å². The summed E-state index contributed by atoms with van der Waals surface area (Å²) in [6.45, 7) is 5.63. The molecule has 9 heteroatoms. The van der Waals surface area contributed by atoms with E-state index in [0.29, 0.717) is 16.3 Å². The molecule has 1 heterocycles. The van der Waals surface area contributed by atoms with Crippen LogP contribution in [0.1, 0.15) is 22.4 Å². The Hall–Kier alpha value is -2.41. The Labute approximate surface area is 156 Å². The highest BCUT2D eigenvalue weighted by atomic mass is 32.2. The zero-order valence-corrected chi connectivity index (χ0v) is 16.2. The molecule has 0 aliphatic rings. The minimum absolute atomic E-state index is 0.0293. The van der Waals surface area contributed by atoms with Gasteiger partial charge in [-0.2, -0.15) is 5.26 Å². The first-order chi connectivity index (χ1) is 12.1. The molecule has 2 aromatic rings. The van der Waals surface area contributed by atoms with Crippen molar-refractivity contribution in [2.24, 2.45) is 5.14 Å². The molecule has 0 saturated carbocycles. The molecule has 0 fully saturated rings. The summed E-state index contributed by atoms with van der Waals surface area (Å²) in [6.07, 6.45) is 0. The summed E-state index contributed by atoms with van der Waals surface area (Å²) >= 11 is 1.18. The predicted octanol–water partition coefficient (Wildman–Crippen LogP) is 2.26. The second kappa shape index (κ2) is 7.86. The number of aryl methyl sites for hydroxylation is 1. The fraction of sp³-hybridized carbons (Fsp3) is 0.235. The predicted molar refractivity (Wildman–Crippen MR) is 100 cm³/mol. The Morgan fingerprint density at radius 3 is 2.38 bits per heavy atom. The summed E-state index contributed by atoms with van der Waals surface area (Å²) in [4.78, 5) is 16.5. The highest BCUT2D eigenvalue weighted by Gasteiger charge is 2.14. The van der Waals surface area contributed by atoms with E-state index in [1.54, 1.807) is 0 Å². The van der Waals surface area contributed by atoms with Crippen molar-refractivity contribution in [2.75, 3.05) is 11.1 Å². The van der Waals surface area contributed by atoms with E-state index in [1.165, 1.54) is 36.0 Å². The number of pyridine rings is 1. The third kappa shape index (κ3) is 4.60. The minimum atomic E-state index is -3.77. The van der Waals surface area contributed by atoms with Crippen LogP contribution in [0.25, 0.3) is 0 Å². The molecule has 1 aromatic heterocycles. The van der Waals surface area contributed by atoms with Gasteiger partial charge in [0.25, 0.3) is 0 Å². The highest BCUT2D eigenvalue weighted by Crippen LogP contribution is 2.26. The van der Waals surface area contributed by atoms with Gasteiger partial charge in [-0.05, 0) is 56.2 Å². The van der Waals surface area contributed by atoms with Gasteiger partial charge < -0.3 is 5.32 Å². The number of rotatable bonds is 5. The van der Waals surface area contributed by atoms with E-state index in [4.69, 9.17) is 5.14 Å². The van der Waals surface area contributed by atoms with Crippen LogP contribution in [0.5, 0.6) is 0 Å². The van der Waals surface area contributed by atoms with Gasteiger partial charge in [-0.3, -0.25) is 4.79 Å². The normalized spacial score (nSPS) is 11.0. The molecule has 0 spiro atoms. The summed E-state index contributed by atoms with van der Waals surface area (Å²) in [5.41, 5.74) is 3.57. The van der Waals surface area contributed by atoms with Crippen molar-refractivity contribution in [3.05, 3.63) is 46.6 Å². The number of hydrogen-bond acceptors (Lipinski definition) is 6. The van der Waals surface area contributed by atoms with Crippen molar-refractivity contribution >= 4 is 33.4 Å². The number of nitriles is 1. The number of carbonyl (C=O) groups is 1. The second-order valence-corrected chi connectivity index (χ2v) is 8.17. The number of nitrogens with zero attached hydrogens (tertiary/aromatic N) is 2. The number of thioether (sulfide) groups is 1. The van der Waals surface area contributed by atoms with Crippen LogP contribution in [0.2, 0.25) is 0 Å². The van der Waals surface area contributed by atoms with Gasteiger partial charge in [0, 0.05) is 11.4 Å². The lowest BCUT2D eigenvalue weighted by atomic mass is 10.1. The summed E-state index contributed by atoms with van der Waals surface area (Å²) in [5.74, 6) is -0.222. The third-order valence-electron chi connectivity index (χ3n) is 3.88. The van der Waals surface area contributed by atoms with Gasteiger partial charge in [-0.15, -0.1) is 0 Å². The molecule has 1 amide bonds. The molecule has 136 valence electrons. The number of anilines is 1. The molecule has 26 heavy (non-hydrogen) atoms. The van der Waals surface area contributed by atoms with Crippen molar-refractivity contribution in [3.63, 3.8) is 0 Å². The first kappa shape index (κ1) is 19.9. The molecule has 0 aliphatic heterocycles. The van der Waals surface area contributed by atoms with E-state index in [9.17, 15) is 18.5 Å². The van der Waals surface area contributed by atoms with Crippen LogP contribution in [-0.4, -0.2) is 25.1 Å². The van der Waals surface area contributed by atoms with Crippen molar-refractivity contribution < 1.29 is 13.2 Å². The van der Waals surface area contributed by atoms with E-state index in [0.717, 1.165) is 16.8 Å². The third-order valence-corrected chi connectivity index (χ3v) is 5.79. The Balaban J connectivity index is 2.07. The molecule has 0 unspecified atom stereocenters. The topological polar surface area (TPSA) is 126 Å². The number of nitrogens with one attached hydrogen (secondary N) is 1. The molecule has 0 bridgehead atoms. The van der Waals surface area contributed by atoms with E-state index in [2.05, 4.69) is 16.4 Å². The lowest BCUT2D eigenvalue weighted by Crippen LogP contribution is -2.15. The molecule has 0 aliphatic carbocycles. The molecule has 3 N–H and O–H groups in total. The van der Waals surface area contributed by atoms with Crippen molar-refractivity contribution in [1.29, 1.82) is 5.26 Å². The quantitative estimate of drug-likeness (QED) is 0.754. The average molecular weight is 390 g/mol. The molecule has 0 saturated heterocycles. The largest absolute Gasteiger partial charge is 0.325 e. The maximum Gasteiger partial charge on any atom is 0.238 e. The van der Waals surface area contributed by atoms with Gasteiger partial charge in [0.05, 0.1) is 16.2 Å². The summed E-state index contributed by atoms with van der Waals surface area (Å²) < 4.78 is 22.4. The number of carbonyl (C=O) groups excluding carboxylic acids is 1. The zero-order chi connectivity index (χ0) is 19.5. The van der Waals surface area contributed by atoms with Gasteiger partial charge in [-0.1, -0.05) is 11.8 Å². The number of primary sulfonamides is 1. The smallest absolute Gasteiger partial charge is 0.238 e. The Morgan fingerprint density at radius 1 is 1.23 bits per heavy atom. The number of hydrogen-bond donors (Lipinski definition) is 2. The second-order valence-electron chi connectivity index (χ2n) is 5.65. The van der Waals surface area contributed by atoms with E-state index in [1.807, 2.05) is 20.8 Å². The van der Waals surface area contributed by atoms with Gasteiger partial charge in [-0.25, -0.2) is 18.5 Å². The van der Waals surface area contributed by atoms with Crippen LogP contribution >= 0.6 is 11.8 Å². The van der Waals surface area contributed by atoms with Gasteiger partial charge in [0.1, 0.15) is 11.1 Å². The van der Waals surface area contributed by atoms with Crippen LogP contribution in [-0.2, 0) is 14.8 Å². The fourth-order valence-corrected chi connectivity index (χ4v) is 3.61. The Kier molecular flexibility index (Phi) is 6.02. The maximum absolute atomic E-state index is 12.1. The molecular weight excluding hydrogens is 372 g/mol. The number of amides is 1. The first-order valence-corrected chi connectivity index (χ1v) is 10.1. The summed E-state index contributed by atoms with van der Waals surface area (Å²) in [7, 11) is -3.77. The number of sulfonamides is 1. The summed E-state index contributed by atoms with van der Waals surface area (Å²) in [6, 6.07) is 7.70. The van der Waals surface area contributed by atoms with Crippen molar-refractivity contribution in [3.8, 4) is 6.07 Å². The lowest BCUT2D eigenvalue weighted by Gasteiger charge is -2.11. The monoisotopic (exact) mass is 390 g/mol. The van der Waals surface area contributed by atoms with E-state index in [-0.39, 0.29) is 16.6 Å². The lowest BCUT2D eigenvalue weighted by molar-refractivity contribution is -0.113. The average Bonchev–Trinajstić information content (AvgIpc) is 2.57. The van der Waals surface area contributed by atoms with Crippen LogP contribution < -0.4 is 10.5 Å². The minimum Gasteiger partial charge on any atom is -0.325 e. The van der Waals surface area contributed by atoms with Crippen LogP contribution in [0.4, 0.5) is 5.69 Å². The fourth-order valence-electron chi connectivity index (χ4n) is 2.21. The van der Waals surface area contributed by atoms with Crippen molar-refractivity contribution in [1.82, 2.24) is 4.98 Å². The van der Waals surface area contributed by atoms with Crippen LogP contribution in [0, 0.1) is 32.1 Å². The SMILES string of the molecule is Cc1nc(SCC(=O)Nc2ccc(S(N)(=O)=O)cc2)c(C#N)c(C)c1C. The summed E-state index contributed by atoms with van der Waals surface area (Å²) in [5, 5.41) is 17.6. The highest BCUT2D eigenvalue weighted by molar-refractivity contribution is 8.00. The Morgan fingerprint density at radius 2 is 1.85 bits per heavy atom. The number of nitrogens with two attached hydrogens (primary N) is 1. The van der Waals surface area contributed by atoms with E-state index >= 15 is 0 Å². The standard InChI is InChI=1S/C17H18N4O3S2/c1-10-11(2)15(8-18)17(20-12(10)3)25-9-16(22)21-13-4-6-14(7-5-13)26(19,23)24/h4-7H,9H2,1-3H3,(H,21,22)(H2,19,23,24). The molecular formula is C17H18N4O3S2.